The largest absolute Gasteiger partial charge is 0.497 e. The van der Waals surface area contributed by atoms with Crippen molar-refractivity contribution in [3.8, 4) is 5.75 Å². The Balaban J connectivity index is 2.30. The zero-order valence-corrected chi connectivity index (χ0v) is 10.1. The maximum atomic E-state index is 9.10. The second-order valence-electron chi connectivity index (χ2n) is 3.52. The van der Waals surface area contributed by atoms with Gasteiger partial charge in [0, 0.05) is 4.90 Å². The highest BCUT2D eigenvalue weighted by Gasteiger charge is 1.98. The van der Waals surface area contributed by atoms with Crippen LogP contribution in [0, 0.1) is 0 Å². The first-order chi connectivity index (χ1) is 7.22. The molecule has 1 atom stereocenters. The molecule has 1 aromatic carbocycles. The minimum atomic E-state index is -0.184. The zero-order valence-electron chi connectivity index (χ0n) is 9.27. The summed E-state index contributed by atoms with van der Waals surface area (Å²) in [7, 11) is 1.68. The molecule has 0 saturated heterocycles. The van der Waals surface area contributed by atoms with Crippen LogP contribution >= 0.6 is 11.8 Å². The molecule has 0 aliphatic rings. The molecule has 0 aliphatic heterocycles. The van der Waals surface area contributed by atoms with Gasteiger partial charge in [0.25, 0.3) is 0 Å². The van der Waals surface area contributed by atoms with Crippen LogP contribution in [0.2, 0.25) is 0 Å². The highest BCUT2D eigenvalue weighted by atomic mass is 32.2. The van der Waals surface area contributed by atoms with Crippen molar-refractivity contribution in [3.05, 3.63) is 24.3 Å². The standard InChI is InChI=1S/C12H18O2S/c1-10(13)5-4-8-15-12-7-3-6-11(9-12)14-2/h3,6-7,9-10,13H,4-5,8H2,1-2H3. The van der Waals surface area contributed by atoms with Crippen LogP contribution in [0.15, 0.2) is 29.2 Å². The molecule has 3 heteroatoms. The average Bonchev–Trinajstić information content (AvgIpc) is 2.24. The van der Waals surface area contributed by atoms with E-state index in [0.717, 1.165) is 24.3 Å². The molecule has 2 nitrogen and oxygen atoms in total. The molecule has 0 amide bonds. The van der Waals surface area contributed by atoms with Crippen molar-refractivity contribution in [1.29, 1.82) is 0 Å². The molecule has 0 aliphatic carbocycles. The number of aliphatic hydroxyl groups is 1. The maximum absolute atomic E-state index is 9.10. The summed E-state index contributed by atoms with van der Waals surface area (Å²) in [6.07, 6.45) is 1.73. The van der Waals surface area contributed by atoms with Crippen LogP contribution in [-0.2, 0) is 0 Å². The fraction of sp³-hybridized carbons (Fsp3) is 0.500. The molecule has 1 rings (SSSR count). The van der Waals surface area contributed by atoms with Gasteiger partial charge in [-0.05, 0) is 43.7 Å². The highest BCUT2D eigenvalue weighted by molar-refractivity contribution is 7.99. The Hall–Kier alpha value is -0.670. The van der Waals surface area contributed by atoms with Crippen LogP contribution < -0.4 is 4.74 Å². The van der Waals surface area contributed by atoms with E-state index >= 15 is 0 Å². The van der Waals surface area contributed by atoms with Gasteiger partial charge in [0.1, 0.15) is 5.75 Å². The first-order valence-electron chi connectivity index (χ1n) is 5.17. The van der Waals surface area contributed by atoms with Gasteiger partial charge < -0.3 is 9.84 Å². The zero-order chi connectivity index (χ0) is 11.1. The van der Waals surface area contributed by atoms with Gasteiger partial charge >= 0.3 is 0 Å². The lowest BCUT2D eigenvalue weighted by Crippen LogP contribution is -1.99. The van der Waals surface area contributed by atoms with E-state index < -0.39 is 0 Å². The summed E-state index contributed by atoms with van der Waals surface area (Å²) in [5, 5.41) is 9.10. The summed E-state index contributed by atoms with van der Waals surface area (Å²) in [6, 6.07) is 8.05. The normalized spacial score (nSPS) is 12.5. The molecule has 0 radical (unpaired) electrons. The molecule has 84 valence electrons. The van der Waals surface area contributed by atoms with Crippen LogP contribution in [0.4, 0.5) is 0 Å². The van der Waals surface area contributed by atoms with Gasteiger partial charge in [-0.15, -0.1) is 11.8 Å². The number of methoxy groups -OCH3 is 1. The summed E-state index contributed by atoms with van der Waals surface area (Å²) in [4.78, 5) is 1.22. The van der Waals surface area contributed by atoms with Gasteiger partial charge in [-0.3, -0.25) is 0 Å². The number of aliphatic hydroxyl groups excluding tert-OH is 1. The topological polar surface area (TPSA) is 29.5 Å². The maximum Gasteiger partial charge on any atom is 0.119 e. The number of ether oxygens (including phenoxy) is 1. The minimum Gasteiger partial charge on any atom is -0.497 e. The van der Waals surface area contributed by atoms with Crippen molar-refractivity contribution < 1.29 is 9.84 Å². The molecule has 0 bridgehead atoms. The van der Waals surface area contributed by atoms with E-state index in [-0.39, 0.29) is 6.10 Å². The Labute approximate surface area is 95.7 Å². The number of hydrogen-bond donors (Lipinski definition) is 1. The average molecular weight is 226 g/mol. The fourth-order valence-corrected chi connectivity index (χ4v) is 2.18. The van der Waals surface area contributed by atoms with Crippen LogP contribution in [0.5, 0.6) is 5.75 Å². The molecule has 1 N–H and O–H groups in total. The first kappa shape index (κ1) is 12.4. The second-order valence-corrected chi connectivity index (χ2v) is 4.69. The predicted molar refractivity (Wildman–Crippen MR) is 64.6 cm³/mol. The summed E-state index contributed by atoms with van der Waals surface area (Å²) in [5.41, 5.74) is 0. The van der Waals surface area contributed by atoms with Crippen LogP contribution in [-0.4, -0.2) is 24.1 Å². The first-order valence-corrected chi connectivity index (χ1v) is 6.16. The molecule has 0 aromatic heterocycles. The van der Waals surface area contributed by atoms with Crippen LogP contribution in [0.1, 0.15) is 19.8 Å². The number of rotatable bonds is 6. The number of thioether (sulfide) groups is 1. The number of benzene rings is 1. The van der Waals surface area contributed by atoms with Gasteiger partial charge in [0.15, 0.2) is 0 Å². The lowest BCUT2D eigenvalue weighted by atomic mass is 10.2. The minimum absolute atomic E-state index is 0.184. The molecule has 1 aromatic rings. The smallest absolute Gasteiger partial charge is 0.119 e. The van der Waals surface area contributed by atoms with Crippen LogP contribution in [0.25, 0.3) is 0 Å². The van der Waals surface area contributed by atoms with E-state index in [1.807, 2.05) is 25.1 Å². The summed E-state index contributed by atoms with van der Waals surface area (Å²) in [5.74, 6) is 1.94. The Kier molecular flexibility index (Phi) is 5.58. The number of hydrogen-bond acceptors (Lipinski definition) is 3. The molecule has 15 heavy (non-hydrogen) atoms. The Bertz CT molecular complexity index is 287. The molecule has 0 spiro atoms. The van der Waals surface area contributed by atoms with E-state index in [2.05, 4.69) is 6.07 Å². The van der Waals surface area contributed by atoms with Crippen molar-refractivity contribution in [1.82, 2.24) is 0 Å². The Morgan fingerprint density at radius 2 is 2.27 bits per heavy atom. The predicted octanol–water partition coefficient (Wildman–Crippen LogP) is 2.95. The third-order valence-electron chi connectivity index (χ3n) is 2.08. The summed E-state index contributed by atoms with van der Waals surface area (Å²) >= 11 is 1.80. The van der Waals surface area contributed by atoms with E-state index in [4.69, 9.17) is 9.84 Å². The van der Waals surface area contributed by atoms with E-state index in [1.54, 1.807) is 18.9 Å². The van der Waals surface area contributed by atoms with E-state index in [9.17, 15) is 0 Å². The summed E-state index contributed by atoms with van der Waals surface area (Å²) in [6.45, 7) is 1.83. The van der Waals surface area contributed by atoms with Crippen molar-refractivity contribution >= 4 is 11.8 Å². The van der Waals surface area contributed by atoms with Gasteiger partial charge in [-0.2, -0.15) is 0 Å². The lowest BCUT2D eigenvalue weighted by Gasteiger charge is -2.05. The second kappa shape index (κ2) is 6.75. The molecule has 0 fully saturated rings. The van der Waals surface area contributed by atoms with Gasteiger partial charge in [0.05, 0.1) is 13.2 Å². The third kappa shape index (κ3) is 5.09. The van der Waals surface area contributed by atoms with Gasteiger partial charge in [0.2, 0.25) is 0 Å². The summed E-state index contributed by atoms with van der Waals surface area (Å²) < 4.78 is 5.15. The monoisotopic (exact) mass is 226 g/mol. The molecular formula is C12H18O2S. The van der Waals surface area contributed by atoms with Gasteiger partial charge in [-0.1, -0.05) is 6.07 Å². The quantitative estimate of drug-likeness (QED) is 0.597. The van der Waals surface area contributed by atoms with E-state index in [0.29, 0.717) is 0 Å². The molecule has 0 heterocycles. The van der Waals surface area contributed by atoms with Crippen molar-refractivity contribution in [3.63, 3.8) is 0 Å². The Morgan fingerprint density at radius 3 is 2.93 bits per heavy atom. The van der Waals surface area contributed by atoms with E-state index in [1.165, 1.54) is 4.90 Å². The molecular weight excluding hydrogens is 208 g/mol. The molecule has 0 saturated carbocycles. The van der Waals surface area contributed by atoms with Crippen molar-refractivity contribution in [2.45, 2.75) is 30.8 Å². The Morgan fingerprint density at radius 1 is 1.47 bits per heavy atom. The van der Waals surface area contributed by atoms with Gasteiger partial charge in [-0.25, -0.2) is 0 Å². The van der Waals surface area contributed by atoms with Crippen molar-refractivity contribution in [2.75, 3.05) is 12.9 Å². The van der Waals surface area contributed by atoms with Crippen molar-refractivity contribution in [2.24, 2.45) is 0 Å². The highest BCUT2D eigenvalue weighted by Crippen LogP contribution is 2.23. The fourth-order valence-electron chi connectivity index (χ4n) is 1.26. The third-order valence-corrected chi connectivity index (χ3v) is 3.16. The SMILES string of the molecule is COc1cccc(SCCCC(C)O)c1. The molecule has 1 unspecified atom stereocenters. The van der Waals surface area contributed by atoms with Crippen LogP contribution in [0.3, 0.4) is 0 Å². The lowest BCUT2D eigenvalue weighted by molar-refractivity contribution is 0.184.